The highest BCUT2D eigenvalue weighted by atomic mass is 15.0. The van der Waals surface area contributed by atoms with Crippen molar-refractivity contribution in [2.45, 2.75) is 52.5 Å². The minimum absolute atomic E-state index is 0.324. The van der Waals surface area contributed by atoms with Gasteiger partial charge in [-0.15, -0.1) is 0 Å². The fraction of sp³-hybridized carbons (Fsp3) is 0.133. The van der Waals surface area contributed by atoms with Gasteiger partial charge in [0.25, 0.3) is 0 Å². The third-order valence-electron chi connectivity index (χ3n) is 12.9. The third kappa shape index (κ3) is 6.50. The first-order valence-electron chi connectivity index (χ1n) is 22.2. The Hall–Kier alpha value is -7.16. The van der Waals surface area contributed by atoms with Crippen LogP contribution >= 0.6 is 0 Å². The largest absolute Gasteiger partial charge is 0.341 e. The van der Waals surface area contributed by atoms with Gasteiger partial charge in [-0.05, 0) is 108 Å². The zero-order chi connectivity index (χ0) is 42.2. The topological polar surface area (TPSA) is 9.86 Å². The van der Waals surface area contributed by atoms with Crippen LogP contribution in [-0.2, 0) is 12.0 Å². The number of aryl methyl sites for hydroxylation is 1. The predicted octanol–water partition coefficient (Wildman–Crippen LogP) is 16.5. The van der Waals surface area contributed by atoms with E-state index in [1.165, 1.54) is 94.4 Å². The van der Waals surface area contributed by atoms with Crippen molar-refractivity contribution in [1.82, 2.24) is 9.13 Å². The normalized spacial score (nSPS) is 16.2. The molecule has 0 saturated carbocycles. The molecule has 0 radical (unpaired) electrons. The second-order valence-corrected chi connectivity index (χ2v) is 16.8. The van der Waals surface area contributed by atoms with Gasteiger partial charge in [-0.2, -0.15) is 0 Å². The predicted molar refractivity (Wildman–Crippen MR) is 268 cm³/mol. The molecule has 0 bridgehead atoms. The van der Waals surface area contributed by atoms with Crippen LogP contribution in [-0.4, -0.2) is 9.13 Å². The Kier molecular flexibility index (Phi) is 10.3. The van der Waals surface area contributed by atoms with E-state index >= 15 is 0 Å². The summed E-state index contributed by atoms with van der Waals surface area (Å²) in [6.07, 6.45) is 26.9. The van der Waals surface area contributed by atoms with Crippen LogP contribution in [0.15, 0.2) is 194 Å². The van der Waals surface area contributed by atoms with E-state index in [0.29, 0.717) is 0 Å². The zero-order valence-corrected chi connectivity index (χ0v) is 36.1. The zero-order valence-electron chi connectivity index (χ0n) is 36.1. The van der Waals surface area contributed by atoms with Crippen molar-refractivity contribution in [1.29, 1.82) is 0 Å². The molecule has 1 unspecified atom stereocenters. The van der Waals surface area contributed by atoms with E-state index in [9.17, 15) is 0 Å². The van der Waals surface area contributed by atoms with E-state index in [2.05, 4.69) is 243 Å². The van der Waals surface area contributed by atoms with Gasteiger partial charge in [0.15, 0.2) is 0 Å². The summed E-state index contributed by atoms with van der Waals surface area (Å²) in [5, 5.41) is 3.78. The van der Waals surface area contributed by atoms with Crippen molar-refractivity contribution in [3.63, 3.8) is 0 Å². The van der Waals surface area contributed by atoms with Crippen LogP contribution in [0.3, 0.4) is 0 Å². The standard InChI is InChI=1S/C60H52N2/c1-5-7-26-42(3)58-56-54(45-31-18-10-19-32-45)57(60(4)39-24-13-25-40-60)53(44-29-16-9-17-30-44)52(43-27-14-8-15-28-43)55(56)59(46-33-20-11-21-34-46)62(58)47-37-38-51-49(41-47)48-35-22-12-23-36-50(48)61(51)6-2/h5,7-11,13-39,41H,6,12,40H2,1-4H3/b7-5-,42-26+. The summed E-state index contributed by atoms with van der Waals surface area (Å²) >= 11 is 0. The van der Waals surface area contributed by atoms with Crippen LogP contribution in [0.5, 0.6) is 0 Å². The summed E-state index contributed by atoms with van der Waals surface area (Å²) in [6, 6.07) is 51.8. The minimum atomic E-state index is -0.324. The van der Waals surface area contributed by atoms with Crippen LogP contribution in [0.1, 0.15) is 63.1 Å². The van der Waals surface area contributed by atoms with Crippen molar-refractivity contribution in [2.24, 2.45) is 0 Å². The van der Waals surface area contributed by atoms with E-state index in [-0.39, 0.29) is 5.41 Å². The Bertz CT molecular complexity index is 3150. The molecule has 1 atom stereocenters. The second-order valence-electron chi connectivity index (χ2n) is 16.8. The smallest absolute Gasteiger partial charge is 0.0620 e. The lowest BCUT2D eigenvalue weighted by atomic mass is 9.68. The van der Waals surface area contributed by atoms with Gasteiger partial charge in [0, 0.05) is 50.6 Å². The Morgan fingerprint density at radius 1 is 0.661 bits per heavy atom. The van der Waals surface area contributed by atoms with Crippen LogP contribution < -0.4 is 0 Å². The lowest BCUT2D eigenvalue weighted by Gasteiger charge is -2.35. The van der Waals surface area contributed by atoms with E-state index < -0.39 is 0 Å². The number of hydrogen-bond donors (Lipinski definition) is 0. The monoisotopic (exact) mass is 800 g/mol. The summed E-state index contributed by atoms with van der Waals surface area (Å²) < 4.78 is 5.08. The highest BCUT2D eigenvalue weighted by molar-refractivity contribution is 6.22. The molecule has 0 N–H and O–H groups in total. The molecule has 2 heteroatoms. The SMILES string of the molecule is C/C=C\C=C(/C)c1c2c(-c3ccccc3)c(C3(C)C=CC=CC3)c(-c3ccccc3)c(-c3ccccc3)c2c(-c2ccccc2)n1-c1ccc2c(c1)c1c(n2CC)C=CCC=C1. The molecule has 6 aromatic carbocycles. The first-order valence-corrected chi connectivity index (χ1v) is 22.2. The molecule has 0 fully saturated rings. The molecule has 2 nitrogen and oxygen atoms in total. The molecule has 62 heavy (non-hydrogen) atoms. The molecule has 0 spiro atoms. The lowest BCUT2D eigenvalue weighted by molar-refractivity contribution is 0.604. The van der Waals surface area contributed by atoms with Crippen molar-refractivity contribution >= 4 is 39.4 Å². The van der Waals surface area contributed by atoms with Gasteiger partial charge in [-0.1, -0.05) is 189 Å². The maximum atomic E-state index is 2.61. The quantitative estimate of drug-likeness (QED) is 0.129. The lowest BCUT2D eigenvalue weighted by Crippen LogP contribution is -2.22. The summed E-state index contributed by atoms with van der Waals surface area (Å²) in [4.78, 5) is 0. The summed E-state index contributed by atoms with van der Waals surface area (Å²) in [5.74, 6) is 0. The number of benzene rings is 6. The van der Waals surface area contributed by atoms with E-state index in [4.69, 9.17) is 0 Å². The molecule has 10 rings (SSSR count). The first-order chi connectivity index (χ1) is 30.5. The number of rotatable bonds is 9. The summed E-state index contributed by atoms with van der Waals surface area (Å²) in [5.41, 5.74) is 18.2. The Morgan fingerprint density at radius 3 is 1.89 bits per heavy atom. The molecule has 0 amide bonds. The van der Waals surface area contributed by atoms with Gasteiger partial charge in [0.1, 0.15) is 0 Å². The van der Waals surface area contributed by atoms with Gasteiger partial charge < -0.3 is 9.13 Å². The van der Waals surface area contributed by atoms with Gasteiger partial charge in [0.05, 0.1) is 11.4 Å². The number of aromatic nitrogens is 2. The maximum Gasteiger partial charge on any atom is 0.0620 e. The van der Waals surface area contributed by atoms with Gasteiger partial charge in [0.2, 0.25) is 0 Å². The number of fused-ring (bicyclic) bond motifs is 4. The molecular formula is C60H52N2. The number of allylic oxidation sites excluding steroid dienone is 10. The van der Waals surface area contributed by atoms with Gasteiger partial charge in [-0.25, -0.2) is 0 Å². The Morgan fingerprint density at radius 2 is 1.27 bits per heavy atom. The highest BCUT2D eigenvalue weighted by Crippen LogP contribution is 2.57. The Balaban J connectivity index is 1.53. The fourth-order valence-corrected chi connectivity index (χ4v) is 10.2. The fourth-order valence-electron chi connectivity index (χ4n) is 10.2. The van der Waals surface area contributed by atoms with Gasteiger partial charge >= 0.3 is 0 Å². The molecule has 8 aromatic rings. The average Bonchev–Trinajstić information content (AvgIpc) is 3.71. The number of nitrogens with zero attached hydrogens (tertiary/aromatic N) is 2. The van der Waals surface area contributed by atoms with E-state index in [1.54, 1.807) is 0 Å². The molecular weight excluding hydrogens is 749 g/mol. The molecule has 0 aliphatic heterocycles. The molecule has 2 aromatic heterocycles. The molecule has 0 saturated heterocycles. The molecule has 2 aliphatic rings. The highest BCUT2D eigenvalue weighted by Gasteiger charge is 2.37. The summed E-state index contributed by atoms with van der Waals surface area (Å²) in [7, 11) is 0. The van der Waals surface area contributed by atoms with Crippen molar-refractivity contribution < 1.29 is 0 Å². The molecule has 302 valence electrons. The van der Waals surface area contributed by atoms with E-state index in [1.807, 2.05) is 0 Å². The van der Waals surface area contributed by atoms with E-state index in [0.717, 1.165) is 25.1 Å². The van der Waals surface area contributed by atoms with Crippen molar-refractivity contribution in [3.8, 4) is 50.3 Å². The van der Waals surface area contributed by atoms with Crippen molar-refractivity contribution in [3.05, 3.63) is 217 Å². The maximum absolute atomic E-state index is 2.61. The Labute approximate surface area is 366 Å². The first kappa shape index (κ1) is 39.0. The third-order valence-corrected chi connectivity index (χ3v) is 12.9. The minimum Gasteiger partial charge on any atom is -0.341 e. The van der Waals surface area contributed by atoms with Crippen LogP contribution in [0.25, 0.3) is 89.7 Å². The average molecular weight is 801 g/mol. The van der Waals surface area contributed by atoms with Crippen molar-refractivity contribution in [2.75, 3.05) is 0 Å². The molecule has 2 heterocycles. The number of hydrogen-bond acceptors (Lipinski definition) is 0. The van der Waals surface area contributed by atoms with Crippen LogP contribution in [0, 0.1) is 0 Å². The van der Waals surface area contributed by atoms with Crippen LogP contribution in [0.2, 0.25) is 0 Å². The van der Waals surface area contributed by atoms with Crippen LogP contribution in [0.4, 0.5) is 0 Å². The molecule has 2 aliphatic carbocycles. The summed E-state index contributed by atoms with van der Waals surface area (Å²) in [6.45, 7) is 10.0. The van der Waals surface area contributed by atoms with Gasteiger partial charge in [-0.3, -0.25) is 0 Å². The second kappa shape index (κ2) is 16.4.